The molecule has 2 heterocycles. The molecular weight excluding hydrogens is 382 g/mol. The topological polar surface area (TPSA) is 95.1 Å². The summed E-state index contributed by atoms with van der Waals surface area (Å²) in [6, 6.07) is 0. The standard InChI is InChI=1S/C11H23NOS.C8H6N2O4/c1-6-14-11(13)12(7-9(2)3)8-10(4)5;11-5-1-2-6(12)9(5)10-7(13)3-4-8(10)14/h9-10H,6-8H2,1-5H3;1-2H,3-4H2. The third-order valence-corrected chi connectivity index (χ3v) is 4.50. The van der Waals surface area contributed by atoms with Gasteiger partial charge in [-0.2, -0.15) is 10.0 Å². The van der Waals surface area contributed by atoms with Crippen LogP contribution in [0.2, 0.25) is 0 Å². The number of hydrazine groups is 1. The Morgan fingerprint density at radius 3 is 1.71 bits per heavy atom. The van der Waals surface area contributed by atoms with E-state index in [9.17, 15) is 24.0 Å². The second-order valence-corrected chi connectivity index (χ2v) is 8.53. The molecule has 0 unspecified atom stereocenters. The van der Waals surface area contributed by atoms with E-state index in [-0.39, 0.29) is 18.1 Å². The molecule has 0 aromatic carbocycles. The van der Waals surface area contributed by atoms with Crippen molar-refractivity contribution in [1.29, 1.82) is 0 Å². The number of rotatable bonds is 6. The van der Waals surface area contributed by atoms with Gasteiger partial charge < -0.3 is 4.90 Å². The van der Waals surface area contributed by atoms with Gasteiger partial charge in [0.15, 0.2) is 0 Å². The first-order chi connectivity index (χ1) is 13.1. The fraction of sp³-hybridized carbons (Fsp3) is 0.632. The molecule has 28 heavy (non-hydrogen) atoms. The number of nitrogens with zero attached hydrogens (tertiary/aromatic N) is 3. The molecule has 2 rings (SSSR count). The second kappa shape index (κ2) is 11.0. The quantitative estimate of drug-likeness (QED) is 0.623. The highest BCUT2D eigenvalue weighted by Gasteiger charge is 2.40. The monoisotopic (exact) mass is 411 g/mol. The van der Waals surface area contributed by atoms with Gasteiger partial charge in [-0.05, 0) is 17.6 Å². The van der Waals surface area contributed by atoms with E-state index in [0.29, 0.717) is 21.9 Å². The Labute approximate surface area is 170 Å². The maximum atomic E-state index is 11.7. The summed E-state index contributed by atoms with van der Waals surface area (Å²) in [7, 11) is 0. The van der Waals surface area contributed by atoms with Gasteiger partial charge in [-0.15, -0.1) is 0 Å². The number of carbonyl (C=O) groups is 5. The average molecular weight is 412 g/mol. The number of carbonyl (C=O) groups excluding carboxylic acids is 5. The lowest BCUT2D eigenvalue weighted by atomic mass is 10.1. The predicted octanol–water partition coefficient (Wildman–Crippen LogP) is 2.45. The van der Waals surface area contributed by atoms with E-state index in [1.807, 2.05) is 11.8 Å². The molecule has 8 nitrogen and oxygen atoms in total. The van der Waals surface area contributed by atoms with Crippen molar-refractivity contribution >= 4 is 40.6 Å². The van der Waals surface area contributed by atoms with Gasteiger partial charge in [-0.3, -0.25) is 24.0 Å². The number of hydrogen-bond donors (Lipinski definition) is 0. The van der Waals surface area contributed by atoms with Crippen LogP contribution in [0.3, 0.4) is 0 Å². The Bertz CT molecular complexity index is 616. The second-order valence-electron chi connectivity index (χ2n) is 7.31. The Hall–Kier alpha value is -2.16. The van der Waals surface area contributed by atoms with E-state index in [1.54, 1.807) is 0 Å². The lowest BCUT2D eigenvalue weighted by Crippen LogP contribution is -2.49. The lowest BCUT2D eigenvalue weighted by Gasteiger charge is -2.25. The molecule has 0 aliphatic carbocycles. The first kappa shape index (κ1) is 23.9. The van der Waals surface area contributed by atoms with Gasteiger partial charge in [0, 0.05) is 38.1 Å². The Balaban J connectivity index is 0.000000280. The molecule has 2 aliphatic heterocycles. The summed E-state index contributed by atoms with van der Waals surface area (Å²) >= 11 is 1.41. The van der Waals surface area contributed by atoms with E-state index in [4.69, 9.17) is 0 Å². The molecular formula is C19H29N3O5S. The minimum Gasteiger partial charge on any atom is -0.333 e. The molecule has 1 fully saturated rings. The molecule has 1 saturated heterocycles. The number of hydrogen-bond acceptors (Lipinski definition) is 6. The molecule has 0 aromatic heterocycles. The summed E-state index contributed by atoms with van der Waals surface area (Å²) in [6.07, 6.45) is 2.16. The van der Waals surface area contributed by atoms with Crippen LogP contribution in [0.15, 0.2) is 12.2 Å². The average Bonchev–Trinajstić information content (AvgIpc) is 3.08. The van der Waals surface area contributed by atoms with Gasteiger partial charge in [-0.25, -0.2) is 0 Å². The third kappa shape index (κ3) is 6.78. The van der Waals surface area contributed by atoms with E-state index < -0.39 is 23.6 Å². The minimum absolute atomic E-state index is 0.0515. The van der Waals surface area contributed by atoms with E-state index in [2.05, 4.69) is 27.7 Å². The third-order valence-electron chi connectivity index (χ3n) is 3.71. The molecule has 0 atom stereocenters. The number of imide groups is 2. The van der Waals surface area contributed by atoms with Crippen molar-refractivity contribution in [3.05, 3.63) is 12.2 Å². The zero-order valence-electron chi connectivity index (χ0n) is 17.1. The maximum absolute atomic E-state index is 11.7. The highest BCUT2D eigenvalue weighted by atomic mass is 32.2. The molecule has 0 aromatic rings. The van der Waals surface area contributed by atoms with Crippen molar-refractivity contribution in [3.8, 4) is 0 Å². The van der Waals surface area contributed by atoms with E-state index in [0.717, 1.165) is 31.0 Å². The fourth-order valence-electron chi connectivity index (χ4n) is 2.70. The van der Waals surface area contributed by atoms with Crippen molar-refractivity contribution in [3.63, 3.8) is 0 Å². The van der Waals surface area contributed by atoms with Crippen LogP contribution in [0.1, 0.15) is 47.5 Å². The lowest BCUT2D eigenvalue weighted by molar-refractivity contribution is -0.170. The van der Waals surface area contributed by atoms with Gasteiger partial charge in [0.2, 0.25) is 11.8 Å². The van der Waals surface area contributed by atoms with Gasteiger partial charge in [0.25, 0.3) is 17.1 Å². The van der Waals surface area contributed by atoms with Crippen LogP contribution in [0.4, 0.5) is 4.79 Å². The minimum atomic E-state index is -0.654. The Morgan fingerprint density at radius 2 is 1.36 bits per heavy atom. The van der Waals surface area contributed by atoms with Gasteiger partial charge in [-0.1, -0.05) is 46.4 Å². The van der Waals surface area contributed by atoms with Crippen molar-refractivity contribution < 1.29 is 24.0 Å². The van der Waals surface area contributed by atoms with E-state index >= 15 is 0 Å². The van der Waals surface area contributed by atoms with Crippen molar-refractivity contribution in [1.82, 2.24) is 14.9 Å². The largest absolute Gasteiger partial charge is 0.333 e. The Morgan fingerprint density at radius 1 is 0.929 bits per heavy atom. The van der Waals surface area contributed by atoms with Crippen LogP contribution in [-0.2, 0) is 19.2 Å². The Kier molecular flexibility index (Phi) is 9.37. The molecule has 0 saturated carbocycles. The zero-order valence-corrected chi connectivity index (χ0v) is 18.0. The van der Waals surface area contributed by atoms with Crippen molar-refractivity contribution in [2.75, 3.05) is 18.8 Å². The van der Waals surface area contributed by atoms with Gasteiger partial charge in [0.1, 0.15) is 0 Å². The first-order valence-corrected chi connectivity index (χ1v) is 10.4. The number of amides is 5. The smallest absolute Gasteiger partial charge is 0.281 e. The summed E-state index contributed by atoms with van der Waals surface area (Å²) in [4.78, 5) is 58.3. The fourth-order valence-corrected chi connectivity index (χ4v) is 3.28. The van der Waals surface area contributed by atoms with Crippen molar-refractivity contribution in [2.24, 2.45) is 11.8 Å². The maximum Gasteiger partial charge on any atom is 0.281 e. The van der Waals surface area contributed by atoms with Crippen LogP contribution >= 0.6 is 11.8 Å². The summed E-state index contributed by atoms with van der Waals surface area (Å²) in [5, 5.41) is 1.41. The molecule has 0 bridgehead atoms. The summed E-state index contributed by atoms with van der Waals surface area (Å²) in [6.45, 7) is 12.4. The molecule has 0 spiro atoms. The van der Waals surface area contributed by atoms with Gasteiger partial charge in [0.05, 0.1) is 0 Å². The summed E-state index contributed by atoms with van der Waals surface area (Å²) < 4.78 is 0. The summed E-state index contributed by atoms with van der Waals surface area (Å²) in [5.74, 6) is -0.366. The zero-order chi connectivity index (χ0) is 21.4. The molecule has 0 radical (unpaired) electrons. The first-order valence-electron chi connectivity index (χ1n) is 9.41. The molecule has 9 heteroatoms. The van der Waals surface area contributed by atoms with Crippen LogP contribution in [0, 0.1) is 11.8 Å². The van der Waals surface area contributed by atoms with Crippen LogP contribution < -0.4 is 0 Å². The molecule has 156 valence electrons. The number of thioether (sulfide) groups is 1. The van der Waals surface area contributed by atoms with Crippen LogP contribution in [-0.4, -0.2) is 62.6 Å². The highest BCUT2D eigenvalue weighted by molar-refractivity contribution is 8.13. The highest BCUT2D eigenvalue weighted by Crippen LogP contribution is 2.18. The normalized spacial score (nSPS) is 16.4. The van der Waals surface area contributed by atoms with Gasteiger partial charge >= 0.3 is 0 Å². The van der Waals surface area contributed by atoms with Crippen LogP contribution in [0.5, 0.6) is 0 Å². The molecule has 2 aliphatic rings. The molecule has 5 amide bonds. The van der Waals surface area contributed by atoms with E-state index in [1.165, 1.54) is 11.8 Å². The summed E-state index contributed by atoms with van der Waals surface area (Å²) in [5.41, 5.74) is 0. The predicted molar refractivity (Wildman–Crippen MR) is 107 cm³/mol. The SMILES string of the molecule is CCSC(=O)N(CC(C)C)CC(C)C.O=C1C=CC(=O)N1N1C(=O)CCC1=O. The van der Waals surface area contributed by atoms with Crippen molar-refractivity contribution in [2.45, 2.75) is 47.5 Å². The van der Waals surface area contributed by atoms with Crippen LogP contribution in [0.25, 0.3) is 0 Å². The molecule has 0 N–H and O–H groups in total.